The van der Waals surface area contributed by atoms with E-state index in [9.17, 15) is 9.18 Å². The zero-order valence-electron chi connectivity index (χ0n) is 13.7. The fourth-order valence-corrected chi connectivity index (χ4v) is 3.13. The van der Waals surface area contributed by atoms with Crippen molar-refractivity contribution in [3.05, 3.63) is 30.1 Å². The average Bonchev–Trinajstić information content (AvgIpc) is 2.93. The number of H-pyrrole nitrogens is 1. The fourth-order valence-electron chi connectivity index (χ4n) is 2.46. The van der Waals surface area contributed by atoms with Crippen LogP contribution in [-0.2, 0) is 4.79 Å². The van der Waals surface area contributed by atoms with Gasteiger partial charge in [0.2, 0.25) is 11.1 Å². The summed E-state index contributed by atoms with van der Waals surface area (Å²) < 4.78 is 13.7. The second-order valence-corrected chi connectivity index (χ2v) is 6.67. The maximum Gasteiger partial charge on any atom is 0.233 e. The number of carbonyl (C=O) groups is 1. The van der Waals surface area contributed by atoms with Crippen LogP contribution in [0.5, 0.6) is 0 Å². The van der Waals surface area contributed by atoms with Gasteiger partial charge in [-0.25, -0.2) is 9.37 Å². The summed E-state index contributed by atoms with van der Waals surface area (Å²) in [6, 6.07) is 6.65. The number of carbonyl (C=O) groups excluding carboxylic acids is 1. The van der Waals surface area contributed by atoms with Crippen molar-refractivity contribution in [2.45, 2.75) is 44.9 Å². The summed E-state index contributed by atoms with van der Waals surface area (Å²) in [5.74, 6) is 0.298. The fraction of sp³-hybridized carbons (Fsp3) is 0.438. The molecule has 1 N–H and O–H groups in total. The number of nitrogens with one attached hydrogen (secondary N) is 1. The highest BCUT2D eigenvalue weighted by molar-refractivity contribution is 7.99. The highest BCUT2D eigenvalue weighted by Gasteiger charge is 2.20. The molecule has 0 bridgehead atoms. The molecule has 0 aliphatic carbocycles. The molecule has 1 aromatic carbocycles. The average molecular weight is 336 g/mol. The van der Waals surface area contributed by atoms with Gasteiger partial charge in [-0.2, -0.15) is 0 Å². The molecule has 1 heterocycles. The molecule has 0 fully saturated rings. The molecule has 2 aromatic rings. The quantitative estimate of drug-likeness (QED) is 0.822. The lowest BCUT2D eigenvalue weighted by molar-refractivity contribution is -0.131. The Bertz CT molecular complexity index is 664. The topological polar surface area (TPSA) is 61.9 Å². The number of nitrogens with zero attached hydrogens (tertiary/aromatic N) is 3. The summed E-state index contributed by atoms with van der Waals surface area (Å²) in [4.78, 5) is 18.4. The third-order valence-electron chi connectivity index (χ3n) is 3.32. The van der Waals surface area contributed by atoms with Crippen LogP contribution in [0, 0.1) is 5.82 Å². The van der Waals surface area contributed by atoms with E-state index in [0.29, 0.717) is 16.5 Å². The SMILES string of the molecule is CC(C)N(C(=O)CSc1n[nH]c(-c2ccccc2F)n1)C(C)C. The first-order chi connectivity index (χ1) is 10.9. The maximum atomic E-state index is 13.7. The summed E-state index contributed by atoms with van der Waals surface area (Å²) in [6.07, 6.45) is 0. The summed E-state index contributed by atoms with van der Waals surface area (Å²) in [7, 11) is 0. The molecule has 124 valence electrons. The van der Waals surface area contributed by atoms with Crippen molar-refractivity contribution in [1.82, 2.24) is 20.1 Å². The normalized spacial score (nSPS) is 11.3. The van der Waals surface area contributed by atoms with Crippen molar-refractivity contribution in [3.63, 3.8) is 0 Å². The van der Waals surface area contributed by atoms with Gasteiger partial charge in [0.05, 0.1) is 11.3 Å². The smallest absolute Gasteiger partial charge is 0.233 e. The molecule has 0 radical (unpaired) electrons. The Labute approximate surface area is 139 Å². The van der Waals surface area contributed by atoms with Crippen LogP contribution in [-0.4, -0.2) is 43.8 Å². The zero-order valence-corrected chi connectivity index (χ0v) is 14.5. The van der Waals surface area contributed by atoms with Gasteiger partial charge in [0.1, 0.15) is 5.82 Å². The van der Waals surface area contributed by atoms with Gasteiger partial charge in [-0.3, -0.25) is 9.89 Å². The Balaban J connectivity index is 2.03. The number of halogens is 1. The van der Waals surface area contributed by atoms with Gasteiger partial charge >= 0.3 is 0 Å². The van der Waals surface area contributed by atoms with E-state index in [1.165, 1.54) is 17.8 Å². The minimum absolute atomic E-state index is 0.0391. The Morgan fingerprint density at radius 1 is 1.26 bits per heavy atom. The van der Waals surface area contributed by atoms with Crippen LogP contribution < -0.4 is 0 Å². The molecule has 1 amide bonds. The van der Waals surface area contributed by atoms with Crippen molar-refractivity contribution in [3.8, 4) is 11.4 Å². The lowest BCUT2D eigenvalue weighted by Gasteiger charge is -2.30. The first kappa shape index (κ1) is 17.5. The molecule has 7 heteroatoms. The van der Waals surface area contributed by atoms with Crippen molar-refractivity contribution in [2.75, 3.05) is 5.75 Å². The number of hydrogen-bond donors (Lipinski definition) is 1. The van der Waals surface area contributed by atoms with Crippen LogP contribution in [0.25, 0.3) is 11.4 Å². The third-order valence-corrected chi connectivity index (χ3v) is 4.15. The molecule has 23 heavy (non-hydrogen) atoms. The summed E-state index contributed by atoms with van der Waals surface area (Å²) in [5.41, 5.74) is 0.365. The predicted octanol–water partition coefficient (Wildman–Crippen LogP) is 3.35. The zero-order chi connectivity index (χ0) is 17.0. The monoisotopic (exact) mass is 336 g/mol. The van der Waals surface area contributed by atoms with Crippen molar-refractivity contribution in [1.29, 1.82) is 0 Å². The number of benzene rings is 1. The number of aromatic amines is 1. The van der Waals surface area contributed by atoms with Crippen molar-refractivity contribution < 1.29 is 9.18 Å². The molecular formula is C16H21FN4OS. The number of rotatable bonds is 6. The first-order valence-electron chi connectivity index (χ1n) is 7.51. The van der Waals surface area contributed by atoms with Gasteiger partial charge in [0, 0.05) is 12.1 Å². The van der Waals surface area contributed by atoms with Crippen molar-refractivity contribution >= 4 is 17.7 Å². The van der Waals surface area contributed by atoms with E-state index in [-0.39, 0.29) is 29.6 Å². The molecule has 1 aromatic heterocycles. The van der Waals surface area contributed by atoms with Crippen LogP contribution in [0.2, 0.25) is 0 Å². The Kier molecular flexibility index (Phi) is 5.76. The van der Waals surface area contributed by atoms with Crippen LogP contribution >= 0.6 is 11.8 Å². The van der Waals surface area contributed by atoms with Crippen LogP contribution in [0.1, 0.15) is 27.7 Å². The van der Waals surface area contributed by atoms with Crippen LogP contribution in [0.4, 0.5) is 4.39 Å². The van der Waals surface area contributed by atoms with E-state index in [0.717, 1.165) is 0 Å². The minimum atomic E-state index is -0.359. The number of aromatic nitrogens is 3. The Hall–Kier alpha value is -1.89. The van der Waals surface area contributed by atoms with Gasteiger partial charge in [0.25, 0.3) is 0 Å². The van der Waals surface area contributed by atoms with Gasteiger partial charge in [0.15, 0.2) is 5.82 Å². The second-order valence-electron chi connectivity index (χ2n) is 5.72. The number of thioether (sulfide) groups is 1. The lowest BCUT2D eigenvalue weighted by Crippen LogP contribution is -2.43. The van der Waals surface area contributed by atoms with E-state index in [2.05, 4.69) is 15.2 Å². The van der Waals surface area contributed by atoms with Gasteiger partial charge in [-0.05, 0) is 39.8 Å². The molecule has 0 aliphatic rings. The van der Waals surface area contributed by atoms with E-state index in [4.69, 9.17) is 0 Å². The molecule has 0 saturated carbocycles. The lowest BCUT2D eigenvalue weighted by atomic mass is 10.2. The highest BCUT2D eigenvalue weighted by atomic mass is 32.2. The molecule has 0 unspecified atom stereocenters. The van der Waals surface area contributed by atoms with Gasteiger partial charge < -0.3 is 4.90 Å². The third kappa shape index (κ3) is 4.31. The molecular weight excluding hydrogens is 315 g/mol. The van der Waals surface area contributed by atoms with Gasteiger partial charge in [-0.15, -0.1) is 5.10 Å². The maximum absolute atomic E-state index is 13.7. The molecule has 0 saturated heterocycles. The molecule has 0 spiro atoms. The van der Waals surface area contributed by atoms with E-state index in [1.807, 2.05) is 32.6 Å². The van der Waals surface area contributed by atoms with Crippen molar-refractivity contribution in [2.24, 2.45) is 0 Å². The van der Waals surface area contributed by atoms with Gasteiger partial charge in [-0.1, -0.05) is 23.9 Å². The Morgan fingerprint density at radius 2 is 1.91 bits per heavy atom. The predicted molar refractivity (Wildman–Crippen MR) is 89.6 cm³/mol. The first-order valence-corrected chi connectivity index (χ1v) is 8.50. The largest absolute Gasteiger partial charge is 0.337 e. The summed E-state index contributed by atoms with van der Waals surface area (Å²) >= 11 is 1.25. The second kappa shape index (κ2) is 7.59. The summed E-state index contributed by atoms with van der Waals surface area (Å²) in [5, 5.41) is 7.19. The number of amides is 1. The van der Waals surface area contributed by atoms with E-state index in [1.54, 1.807) is 18.2 Å². The van der Waals surface area contributed by atoms with Crippen LogP contribution in [0.15, 0.2) is 29.4 Å². The van der Waals surface area contributed by atoms with E-state index < -0.39 is 0 Å². The molecule has 0 aliphatic heterocycles. The van der Waals surface area contributed by atoms with Crippen LogP contribution in [0.3, 0.4) is 0 Å². The standard InChI is InChI=1S/C16H21FN4OS/c1-10(2)21(11(3)4)14(22)9-23-16-18-15(19-20-16)12-7-5-6-8-13(12)17/h5-8,10-11H,9H2,1-4H3,(H,18,19,20). The highest BCUT2D eigenvalue weighted by Crippen LogP contribution is 2.22. The molecule has 0 atom stereocenters. The molecule has 2 rings (SSSR count). The summed E-state index contributed by atoms with van der Waals surface area (Å²) in [6.45, 7) is 7.97. The molecule has 5 nitrogen and oxygen atoms in total. The Morgan fingerprint density at radius 3 is 2.52 bits per heavy atom. The minimum Gasteiger partial charge on any atom is -0.337 e. The number of hydrogen-bond acceptors (Lipinski definition) is 4. The van der Waals surface area contributed by atoms with E-state index >= 15 is 0 Å².